The van der Waals surface area contributed by atoms with Crippen LogP contribution in [0.5, 0.6) is 5.75 Å². The van der Waals surface area contributed by atoms with E-state index in [1.807, 2.05) is 0 Å². The molecule has 4 rings (SSSR count). The Morgan fingerprint density at radius 1 is 1.29 bits per heavy atom. The van der Waals surface area contributed by atoms with Gasteiger partial charge in [0.2, 0.25) is 15.0 Å². The molecule has 1 aliphatic heterocycles. The minimum Gasteiger partial charge on any atom is -0.508 e. The van der Waals surface area contributed by atoms with Gasteiger partial charge in [0.05, 0.1) is 12.3 Å². The van der Waals surface area contributed by atoms with E-state index in [2.05, 4.69) is 16.8 Å². The Kier molecular flexibility index (Phi) is 4.12. The van der Waals surface area contributed by atoms with Crippen molar-refractivity contribution in [1.29, 1.82) is 0 Å². The maximum Gasteiger partial charge on any atom is 0.333 e. The highest BCUT2D eigenvalue weighted by Gasteiger charge is 2.30. The zero-order chi connectivity index (χ0) is 20.1. The van der Waals surface area contributed by atoms with Gasteiger partial charge < -0.3 is 9.67 Å². The van der Waals surface area contributed by atoms with Crippen molar-refractivity contribution in [2.24, 2.45) is 7.05 Å². The summed E-state index contributed by atoms with van der Waals surface area (Å²) in [6.07, 6.45) is 0.375. The monoisotopic (exact) mass is 400 g/mol. The first-order chi connectivity index (χ1) is 13.3. The van der Waals surface area contributed by atoms with Gasteiger partial charge in [-0.1, -0.05) is 17.9 Å². The molecule has 0 radical (unpaired) electrons. The second kappa shape index (κ2) is 6.38. The Labute approximate surface area is 159 Å². The van der Waals surface area contributed by atoms with Gasteiger partial charge in [-0.25, -0.2) is 13.2 Å². The van der Waals surface area contributed by atoms with Crippen LogP contribution in [-0.4, -0.2) is 38.0 Å². The van der Waals surface area contributed by atoms with Gasteiger partial charge in [-0.05, 0) is 24.6 Å². The highest BCUT2D eigenvalue weighted by Crippen LogP contribution is 2.22. The molecule has 10 heteroatoms. The van der Waals surface area contributed by atoms with Crippen LogP contribution in [0.1, 0.15) is 12.0 Å². The molecule has 0 fully saturated rings. The number of fused-ring (bicyclic) bond motifs is 3. The lowest BCUT2D eigenvalue weighted by atomic mass is 10.2. The maximum absolute atomic E-state index is 12.6. The third kappa shape index (κ3) is 2.80. The van der Waals surface area contributed by atoms with Crippen molar-refractivity contribution in [3.63, 3.8) is 0 Å². The highest BCUT2D eigenvalue weighted by atomic mass is 32.2. The van der Waals surface area contributed by atoms with E-state index in [0.717, 1.165) is 4.57 Å². The first-order valence-corrected chi connectivity index (χ1v) is 10.2. The second-order valence-corrected chi connectivity index (χ2v) is 8.48. The summed E-state index contributed by atoms with van der Waals surface area (Å²) in [4.78, 5) is 29.3. The van der Waals surface area contributed by atoms with E-state index < -0.39 is 21.1 Å². The molecule has 0 saturated heterocycles. The van der Waals surface area contributed by atoms with Crippen LogP contribution in [0.25, 0.3) is 11.2 Å². The molecule has 144 valence electrons. The Morgan fingerprint density at radius 2 is 2.07 bits per heavy atom. The number of aryl methyl sites for hydroxylation is 1. The first-order valence-electron chi connectivity index (χ1n) is 8.50. The summed E-state index contributed by atoms with van der Waals surface area (Å²) in [5.41, 5.74) is -0.567. The fourth-order valence-electron chi connectivity index (χ4n) is 3.23. The lowest BCUT2D eigenvalue weighted by molar-refractivity contribution is 0.475. The van der Waals surface area contributed by atoms with Crippen LogP contribution in [0, 0.1) is 11.8 Å². The average Bonchev–Trinajstić information content (AvgIpc) is 3.04. The van der Waals surface area contributed by atoms with Crippen molar-refractivity contribution >= 4 is 21.0 Å². The lowest BCUT2D eigenvalue weighted by Gasteiger charge is -2.14. The molecule has 1 aromatic carbocycles. The van der Waals surface area contributed by atoms with Crippen molar-refractivity contribution in [2.45, 2.75) is 24.7 Å². The second-order valence-electron chi connectivity index (χ2n) is 6.48. The number of hydrogen-bond donors (Lipinski definition) is 1. The average molecular weight is 400 g/mol. The molecule has 1 N–H and O–H groups in total. The predicted octanol–water partition coefficient (Wildman–Crippen LogP) is -0.169. The molecule has 3 heterocycles. The van der Waals surface area contributed by atoms with E-state index in [1.165, 1.54) is 28.3 Å². The molecule has 0 amide bonds. The van der Waals surface area contributed by atoms with Crippen molar-refractivity contribution in [1.82, 2.24) is 18.7 Å². The van der Waals surface area contributed by atoms with Gasteiger partial charge in [-0.3, -0.25) is 13.9 Å². The highest BCUT2D eigenvalue weighted by molar-refractivity contribution is 7.91. The molecule has 0 spiro atoms. The summed E-state index contributed by atoms with van der Waals surface area (Å²) >= 11 is 0. The number of sulfone groups is 1. The molecule has 0 bridgehead atoms. The van der Waals surface area contributed by atoms with E-state index in [0.29, 0.717) is 18.5 Å². The van der Waals surface area contributed by atoms with E-state index in [-0.39, 0.29) is 34.4 Å². The van der Waals surface area contributed by atoms with Gasteiger partial charge in [0, 0.05) is 19.2 Å². The lowest BCUT2D eigenvalue weighted by Crippen LogP contribution is -2.38. The van der Waals surface area contributed by atoms with Crippen LogP contribution < -0.4 is 11.2 Å². The molecule has 0 atom stereocenters. The molecular weight excluding hydrogens is 384 g/mol. The van der Waals surface area contributed by atoms with Gasteiger partial charge in [-0.15, -0.1) is 0 Å². The Morgan fingerprint density at radius 3 is 2.82 bits per heavy atom. The van der Waals surface area contributed by atoms with Gasteiger partial charge in [-0.2, -0.15) is 4.98 Å². The fourth-order valence-corrected chi connectivity index (χ4v) is 4.67. The number of phenols is 1. The molecule has 28 heavy (non-hydrogen) atoms. The number of aromatic hydroxyl groups is 1. The number of nitrogens with zero attached hydrogens (tertiary/aromatic N) is 4. The Bertz CT molecular complexity index is 1400. The molecular formula is C18H16N4O5S. The third-order valence-electron chi connectivity index (χ3n) is 4.58. The normalized spacial score (nSPS) is 15.0. The van der Waals surface area contributed by atoms with Crippen molar-refractivity contribution in [3.8, 4) is 17.6 Å². The van der Waals surface area contributed by atoms with Gasteiger partial charge >= 0.3 is 5.69 Å². The third-order valence-corrected chi connectivity index (χ3v) is 6.28. The Hall–Kier alpha value is -3.32. The van der Waals surface area contributed by atoms with Crippen molar-refractivity contribution in [2.75, 3.05) is 5.75 Å². The zero-order valence-electron chi connectivity index (χ0n) is 14.9. The standard InChI is InChI=1S/C18H16N4O5S/c1-20-16(24)14-15(19-17-21(14)9-4-10-28(17,26)27)22(18(20)25)8-3-6-12-5-2-7-13(23)11-12/h2,5,7,11,23H,4,8-10H2,1H3. The zero-order valence-corrected chi connectivity index (χ0v) is 15.7. The fraction of sp³-hybridized carbons (Fsp3) is 0.278. The number of imidazole rings is 1. The number of phenolic OH excluding ortho intramolecular Hbond substituents is 1. The molecule has 2 aromatic heterocycles. The van der Waals surface area contributed by atoms with Gasteiger partial charge in [0.25, 0.3) is 5.56 Å². The van der Waals surface area contributed by atoms with Gasteiger partial charge in [0.1, 0.15) is 5.75 Å². The summed E-state index contributed by atoms with van der Waals surface area (Å²) in [5, 5.41) is 9.30. The first kappa shape index (κ1) is 18.1. The smallest absolute Gasteiger partial charge is 0.333 e. The van der Waals surface area contributed by atoms with Crippen LogP contribution in [-0.2, 0) is 30.0 Å². The summed E-state index contributed by atoms with van der Waals surface area (Å²) in [7, 11) is -2.27. The van der Waals surface area contributed by atoms with Crippen LogP contribution >= 0.6 is 0 Å². The predicted molar refractivity (Wildman–Crippen MR) is 101 cm³/mol. The van der Waals surface area contributed by atoms with Gasteiger partial charge in [0.15, 0.2) is 11.2 Å². The minimum atomic E-state index is -3.61. The quantitative estimate of drug-likeness (QED) is 0.567. The maximum atomic E-state index is 12.6. The number of rotatable bonds is 1. The SMILES string of the molecule is Cn1c(=O)c2c(nc3n2CCCS3(=O)=O)n(CC#Cc2cccc(O)c2)c1=O. The van der Waals surface area contributed by atoms with E-state index in [9.17, 15) is 23.1 Å². The van der Waals surface area contributed by atoms with Crippen LogP contribution in [0.15, 0.2) is 39.0 Å². The number of hydrogen-bond acceptors (Lipinski definition) is 6. The molecule has 1 aliphatic rings. The largest absolute Gasteiger partial charge is 0.508 e. The van der Waals surface area contributed by atoms with Crippen LogP contribution in [0.3, 0.4) is 0 Å². The van der Waals surface area contributed by atoms with Crippen LogP contribution in [0.2, 0.25) is 0 Å². The van der Waals surface area contributed by atoms with E-state index in [4.69, 9.17) is 0 Å². The molecule has 0 unspecified atom stereocenters. The number of aromatic nitrogens is 4. The van der Waals surface area contributed by atoms with Crippen molar-refractivity contribution < 1.29 is 13.5 Å². The molecule has 3 aromatic rings. The minimum absolute atomic E-state index is 0.0128. The summed E-state index contributed by atoms with van der Waals surface area (Å²) in [5.74, 6) is 5.67. The molecule has 9 nitrogen and oxygen atoms in total. The summed E-state index contributed by atoms with van der Waals surface area (Å²) in [6, 6.07) is 6.34. The van der Waals surface area contributed by atoms with E-state index in [1.54, 1.807) is 12.1 Å². The van der Waals surface area contributed by atoms with Crippen LogP contribution in [0.4, 0.5) is 0 Å². The summed E-state index contributed by atoms with van der Waals surface area (Å²) in [6.45, 7) is 0.253. The Balaban J connectivity index is 1.91. The summed E-state index contributed by atoms with van der Waals surface area (Å²) < 4.78 is 28.2. The van der Waals surface area contributed by atoms with E-state index >= 15 is 0 Å². The molecule has 0 aliphatic carbocycles. The topological polar surface area (TPSA) is 116 Å². The molecule has 0 saturated carbocycles. The number of benzene rings is 1. The van der Waals surface area contributed by atoms with Crippen molar-refractivity contribution in [3.05, 3.63) is 50.7 Å².